The van der Waals surface area contributed by atoms with E-state index in [2.05, 4.69) is 0 Å². The molecule has 0 saturated carbocycles. The van der Waals surface area contributed by atoms with Crippen LogP contribution in [0, 0.1) is 0 Å². The molecule has 1 aromatic carbocycles. The van der Waals surface area contributed by atoms with Crippen molar-refractivity contribution >= 4 is 0 Å². The van der Waals surface area contributed by atoms with Crippen LogP contribution in [-0.2, 0) is 11.2 Å². The summed E-state index contributed by atoms with van der Waals surface area (Å²) in [4.78, 5) is 0. The SMILES string of the molecule is CC.CC.COCCc1ccc(O)cc1. The van der Waals surface area contributed by atoms with E-state index < -0.39 is 0 Å². The third kappa shape index (κ3) is 9.29. The predicted molar refractivity (Wildman–Crippen MR) is 66.4 cm³/mol. The lowest BCUT2D eigenvalue weighted by molar-refractivity contribution is 0.202. The van der Waals surface area contributed by atoms with E-state index in [1.807, 2.05) is 39.8 Å². The van der Waals surface area contributed by atoms with Gasteiger partial charge in [-0.15, -0.1) is 0 Å². The topological polar surface area (TPSA) is 29.5 Å². The number of hydrogen-bond acceptors (Lipinski definition) is 2. The highest BCUT2D eigenvalue weighted by Gasteiger charge is 1.91. The van der Waals surface area contributed by atoms with Crippen LogP contribution in [0.4, 0.5) is 0 Å². The first-order chi connectivity index (χ1) is 7.33. The number of phenolic OH excluding ortho intramolecular Hbond substituents is 1. The van der Waals surface area contributed by atoms with Gasteiger partial charge < -0.3 is 9.84 Å². The van der Waals surface area contributed by atoms with E-state index in [4.69, 9.17) is 9.84 Å². The number of methoxy groups -OCH3 is 1. The van der Waals surface area contributed by atoms with Gasteiger partial charge in [-0.1, -0.05) is 39.8 Å². The summed E-state index contributed by atoms with van der Waals surface area (Å²) in [5.74, 6) is 0.311. The summed E-state index contributed by atoms with van der Waals surface area (Å²) in [6.45, 7) is 8.73. The highest BCUT2D eigenvalue weighted by molar-refractivity contribution is 5.25. The van der Waals surface area contributed by atoms with Gasteiger partial charge in [0, 0.05) is 7.11 Å². The molecule has 0 saturated heterocycles. The maximum Gasteiger partial charge on any atom is 0.115 e. The standard InChI is InChI=1S/C9H12O2.2C2H6/c1-11-7-6-8-2-4-9(10)5-3-8;2*1-2/h2-5,10H,6-7H2,1H3;2*1-2H3. The molecule has 1 aromatic rings. The molecule has 0 radical (unpaired) electrons. The van der Waals surface area contributed by atoms with Crippen molar-refractivity contribution in [3.8, 4) is 5.75 Å². The lowest BCUT2D eigenvalue weighted by Crippen LogP contribution is -1.93. The van der Waals surface area contributed by atoms with Gasteiger partial charge in [-0.25, -0.2) is 0 Å². The molecular weight excluding hydrogens is 188 g/mol. The number of aromatic hydroxyl groups is 1. The molecule has 0 fully saturated rings. The first kappa shape index (κ1) is 16.4. The fraction of sp³-hybridized carbons (Fsp3) is 0.538. The minimum absolute atomic E-state index is 0.311. The maximum absolute atomic E-state index is 8.95. The van der Waals surface area contributed by atoms with E-state index in [1.165, 1.54) is 5.56 Å². The van der Waals surface area contributed by atoms with E-state index in [-0.39, 0.29) is 0 Å². The lowest BCUT2D eigenvalue weighted by Gasteiger charge is -1.99. The highest BCUT2D eigenvalue weighted by Crippen LogP contribution is 2.09. The van der Waals surface area contributed by atoms with Crippen molar-refractivity contribution in [1.82, 2.24) is 0 Å². The minimum Gasteiger partial charge on any atom is -0.508 e. The number of rotatable bonds is 3. The summed E-state index contributed by atoms with van der Waals surface area (Å²) in [7, 11) is 1.68. The Labute approximate surface area is 93.9 Å². The van der Waals surface area contributed by atoms with Crippen LogP contribution in [0.2, 0.25) is 0 Å². The Kier molecular flexibility index (Phi) is 14.2. The first-order valence-corrected chi connectivity index (χ1v) is 5.60. The molecule has 0 heterocycles. The molecule has 0 spiro atoms. The Morgan fingerprint density at radius 2 is 1.47 bits per heavy atom. The van der Waals surface area contributed by atoms with Gasteiger partial charge in [0.2, 0.25) is 0 Å². The summed E-state index contributed by atoms with van der Waals surface area (Å²) in [6, 6.07) is 7.17. The third-order valence-corrected chi connectivity index (χ3v) is 1.53. The molecule has 1 N–H and O–H groups in total. The molecule has 0 atom stereocenters. The van der Waals surface area contributed by atoms with E-state index in [9.17, 15) is 0 Å². The molecule has 0 amide bonds. The predicted octanol–water partition coefficient (Wildman–Crippen LogP) is 3.63. The summed E-state index contributed by atoms with van der Waals surface area (Å²) >= 11 is 0. The molecule has 0 aliphatic rings. The van der Waals surface area contributed by atoms with Gasteiger partial charge in [-0.05, 0) is 24.1 Å². The molecule has 0 aromatic heterocycles. The van der Waals surface area contributed by atoms with Gasteiger partial charge in [-0.3, -0.25) is 0 Å². The van der Waals surface area contributed by atoms with Crippen LogP contribution in [0.1, 0.15) is 33.3 Å². The molecule has 0 aliphatic carbocycles. The number of hydrogen-bond donors (Lipinski definition) is 1. The van der Waals surface area contributed by atoms with Crippen LogP contribution in [0.3, 0.4) is 0 Å². The molecule has 2 nitrogen and oxygen atoms in total. The minimum atomic E-state index is 0.311. The van der Waals surface area contributed by atoms with Crippen molar-refractivity contribution in [3.63, 3.8) is 0 Å². The molecule has 0 aliphatic heterocycles. The van der Waals surface area contributed by atoms with Crippen molar-refractivity contribution in [3.05, 3.63) is 29.8 Å². The summed E-state index contributed by atoms with van der Waals surface area (Å²) in [5, 5.41) is 8.95. The van der Waals surface area contributed by atoms with Gasteiger partial charge in [-0.2, -0.15) is 0 Å². The Morgan fingerprint density at radius 1 is 1.00 bits per heavy atom. The Balaban J connectivity index is 0. The molecular formula is C13H24O2. The average molecular weight is 212 g/mol. The average Bonchev–Trinajstić information content (AvgIpc) is 2.34. The summed E-state index contributed by atoms with van der Waals surface area (Å²) < 4.78 is 4.91. The van der Waals surface area contributed by atoms with E-state index in [0.29, 0.717) is 5.75 Å². The van der Waals surface area contributed by atoms with Crippen LogP contribution >= 0.6 is 0 Å². The van der Waals surface area contributed by atoms with Gasteiger partial charge in [0.15, 0.2) is 0 Å². The van der Waals surface area contributed by atoms with Crippen molar-refractivity contribution in [2.45, 2.75) is 34.1 Å². The fourth-order valence-corrected chi connectivity index (χ4v) is 0.883. The van der Waals surface area contributed by atoms with Crippen LogP contribution in [0.5, 0.6) is 5.75 Å². The zero-order chi connectivity index (χ0) is 12.1. The Bertz CT molecular complexity index is 204. The van der Waals surface area contributed by atoms with Crippen molar-refractivity contribution in [2.75, 3.05) is 13.7 Å². The van der Waals surface area contributed by atoms with E-state index in [0.717, 1.165) is 13.0 Å². The largest absolute Gasteiger partial charge is 0.508 e. The zero-order valence-corrected chi connectivity index (χ0v) is 10.6. The number of phenols is 1. The molecule has 2 heteroatoms. The van der Waals surface area contributed by atoms with Crippen LogP contribution in [0.25, 0.3) is 0 Å². The van der Waals surface area contributed by atoms with Crippen LogP contribution in [0.15, 0.2) is 24.3 Å². The normalized spacial score (nSPS) is 8.07. The first-order valence-electron chi connectivity index (χ1n) is 5.60. The van der Waals surface area contributed by atoms with E-state index >= 15 is 0 Å². The molecule has 1 rings (SSSR count). The third-order valence-electron chi connectivity index (χ3n) is 1.53. The zero-order valence-electron chi connectivity index (χ0n) is 10.6. The quantitative estimate of drug-likeness (QED) is 0.829. The molecule has 15 heavy (non-hydrogen) atoms. The second-order valence-electron chi connectivity index (χ2n) is 2.41. The fourth-order valence-electron chi connectivity index (χ4n) is 0.883. The summed E-state index contributed by atoms with van der Waals surface area (Å²) in [5.41, 5.74) is 1.18. The second kappa shape index (κ2) is 13.0. The van der Waals surface area contributed by atoms with Gasteiger partial charge >= 0.3 is 0 Å². The lowest BCUT2D eigenvalue weighted by atomic mass is 10.1. The molecule has 0 unspecified atom stereocenters. The summed E-state index contributed by atoms with van der Waals surface area (Å²) in [6.07, 6.45) is 0.900. The molecule has 0 bridgehead atoms. The Morgan fingerprint density at radius 3 is 1.87 bits per heavy atom. The van der Waals surface area contributed by atoms with Gasteiger partial charge in [0.25, 0.3) is 0 Å². The van der Waals surface area contributed by atoms with Crippen LogP contribution in [-0.4, -0.2) is 18.8 Å². The number of benzene rings is 1. The van der Waals surface area contributed by atoms with Crippen molar-refractivity contribution in [1.29, 1.82) is 0 Å². The van der Waals surface area contributed by atoms with E-state index in [1.54, 1.807) is 19.2 Å². The van der Waals surface area contributed by atoms with Crippen molar-refractivity contribution in [2.24, 2.45) is 0 Å². The smallest absolute Gasteiger partial charge is 0.115 e. The maximum atomic E-state index is 8.95. The van der Waals surface area contributed by atoms with Crippen molar-refractivity contribution < 1.29 is 9.84 Å². The van der Waals surface area contributed by atoms with Gasteiger partial charge in [0.1, 0.15) is 5.75 Å². The second-order valence-corrected chi connectivity index (χ2v) is 2.41. The number of ether oxygens (including phenoxy) is 1. The van der Waals surface area contributed by atoms with Gasteiger partial charge in [0.05, 0.1) is 6.61 Å². The Hall–Kier alpha value is -1.02. The molecule has 88 valence electrons. The highest BCUT2D eigenvalue weighted by atomic mass is 16.5. The van der Waals surface area contributed by atoms with Crippen LogP contribution < -0.4 is 0 Å². The monoisotopic (exact) mass is 212 g/mol.